The number of nitrogens with one attached hydrogen (secondary N) is 2. The minimum Gasteiger partial charge on any atom is -0.350 e. The Morgan fingerprint density at radius 2 is 1.81 bits per heavy atom. The number of benzene rings is 1. The van der Waals surface area contributed by atoms with E-state index in [2.05, 4.69) is 17.6 Å². The third-order valence-corrected chi connectivity index (χ3v) is 3.73. The molecule has 2 unspecified atom stereocenters. The summed E-state index contributed by atoms with van der Waals surface area (Å²) in [4.78, 5) is 12.1. The molecule has 0 radical (unpaired) electrons. The molecule has 0 aliphatic heterocycles. The molecule has 21 heavy (non-hydrogen) atoms. The van der Waals surface area contributed by atoms with Crippen LogP contribution in [0.4, 0.5) is 4.39 Å². The second kappa shape index (κ2) is 7.55. The van der Waals surface area contributed by atoms with Crippen LogP contribution in [0.1, 0.15) is 46.6 Å². The molecule has 3 nitrogen and oxygen atoms in total. The molecule has 0 aromatic heterocycles. The van der Waals surface area contributed by atoms with Gasteiger partial charge in [0.05, 0.1) is 6.04 Å². The highest BCUT2D eigenvalue weighted by Gasteiger charge is 2.22. The SMILES string of the molecule is CCC(C)(C)NC(=O)C(C)NC(C)Cc1ccc(F)cc1. The van der Waals surface area contributed by atoms with Crippen LogP contribution in [0.15, 0.2) is 24.3 Å². The van der Waals surface area contributed by atoms with Crippen LogP contribution in [0.25, 0.3) is 0 Å². The lowest BCUT2D eigenvalue weighted by Gasteiger charge is -2.28. The number of carbonyl (C=O) groups is 1. The number of halogens is 1. The number of hydrogen-bond acceptors (Lipinski definition) is 2. The van der Waals surface area contributed by atoms with Crippen LogP contribution in [0, 0.1) is 5.82 Å². The molecule has 0 fully saturated rings. The Hall–Kier alpha value is -1.42. The van der Waals surface area contributed by atoms with Crippen molar-refractivity contribution in [2.24, 2.45) is 0 Å². The minimum absolute atomic E-state index is 0.00723. The summed E-state index contributed by atoms with van der Waals surface area (Å²) in [7, 11) is 0. The number of amides is 1. The molecular weight excluding hydrogens is 267 g/mol. The molecule has 1 amide bonds. The van der Waals surface area contributed by atoms with Gasteiger partial charge in [0.25, 0.3) is 0 Å². The van der Waals surface area contributed by atoms with Crippen LogP contribution in [0.2, 0.25) is 0 Å². The van der Waals surface area contributed by atoms with Crippen molar-refractivity contribution >= 4 is 5.91 Å². The van der Waals surface area contributed by atoms with Crippen molar-refractivity contribution < 1.29 is 9.18 Å². The summed E-state index contributed by atoms with van der Waals surface area (Å²) in [6.45, 7) is 9.97. The fraction of sp³-hybridized carbons (Fsp3) is 0.588. The molecule has 1 rings (SSSR count). The van der Waals surface area contributed by atoms with Crippen LogP contribution >= 0.6 is 0 Å². The van der Waals surface area contributed by atoms with Crippen LogP contribution in [-0.4, -0.2) is 23.5 Å². The summed E-state index contributed by atoms with van der Waals surface area (Å²) in [5.41, 5.74) is 0.866. The van der Waals surface area contributed by atoms with E-state index in [4.69, 9.17) is 0 Å². The van der Waals surface area contributed by atoms with E-state index in [9.17, 15) is 9.18 Å². The highest BCUT2D eigenvalue weighted by Crippen LogP contribution is 2.08. The Labute approximate surface area is 127 Å². The second-order valence-corrected chi connectivity index (χ2v) is 6.35. The molecule has 0 saturated heterocycles. The number of hydrogen-bond donors (Lipinski definition) is 2. The summed E-state index contributed by atoms with van der Waals surface area (Å²) < 4.78 is 12.9. The third-order valence-electron chi connectivity index (χ3n) is 3.73. The molecule has 4 heteroatoms. The quantitative estimate of drug-likeness (QED) is 0.811. The Morgan fingerprint density at radius 1 is 1.24 bits per heavy atom. The molecule has 0 spiro atoms. The van der Waals surface area contributed by atoms with Gasteiger partial charge in [-0.1, -0.05) is 19.1 Å². The summed E-state index contributed by atoms with van der Waals surface area (Å²) in [5, 5.41) is 6.31. The van der Waals surface area contributed by atoms with Gasteiger partial charge < -0.3 is 10.6 Å². The van der Waals surface area contributed by atoms with E-state index in [1.54, 1.807) is 12.1 Å². The normalized spacial score (nSPS) is 14.6. The smallest absolute Gasteiger partial charge is 0.237 e. The lowest BCUT2D eigenvalue weighted by atomic mass is 10.0. The van der Waals surface area contributed by atoms with E-state index in [0.29, 0.717) is 0 Å². The van der Waals surface area contributed by atoms with Crippen molar-refractivity contribution in [3.8, 4) is 0 Å². The molecule has 0 bridgehead atoms. The van der Waals surface area contributed by atoms with Crippen molar-refractivity contribution in [3.63, 3.8) is 0 Å². The highest BCUT2D eigenvalue weighted by atomic mass is 19.1. The minimum atomic E-state index is -0.258. The first kappa shape index (κ1) is 17.6. The van der Waals surface area contributed by atoms with Crippen LogP contribution in [0.5, 0.6) is 0 Å². The summed E-state index contributed by atoms with van der Waals surface area (Å²) in [6.07, 6.45) is 1.64. The summed E-state index contributed by atoms with van der Waals surface area (Å²) in [5.74, 6) is -0.221. The Bertz CT molecular complexity index is 456. The molecule has 0 heterocycles. The summed E-state index contributed by atoms with van der Waals surface area (Å²) in [6, 6.07) is 6.35. The summed E-state index contributed by atoms with van der Waals surface area (Å²) >= 11 is 0. The molecular formula is C17H27FN2O. The Kier molecular flexibility index (Phi) is 6.34. The monoisotopic (exact) mass is 294 g/mol. The first-order valence-corrected chi connectivity index (χ1v) is 7.56. The van der Waals surface area contributed by atoms with Gasteiger partial charge in [-0.3, -0.25) is 4.79 Å². The largest absolute Gasteiger partial charge is 0.350 e. The van der Waals surface area contributed by atoms with E-state index < -0.39 is 0 Å². The molecule has 0 aliphatic rings. The molecule has 0 saturated carbocycles. The van der Waals surface area contributed by atoms with Gasteiger partial charge in [-0.05, 0) is 58.2 Å². The maximum Gasteiger partial charge on any atom is 0.237 e. The van der Waals surface area contributed by atoms with Gasteiger partial charge in [-0.15, -0.1) is 0 Å². The zero-order chi connectivity index (χ0) is 16.0. The first-order chi connectivity index (χ1) is 9.73. The lowest BCUT2D eigenvalue weighted by molar-refractivity contribution is -0.124. The van der Waals surface area contributed by atoms with Gasteiger partial charge in [-0.25, -0.2) is 4.39 Å². The first-order valence-electron chi connectivity index (χ1n) is 7.56. The Balaban J connectivity index is 2.48. The van der Waals surface area contributed by atoms with E-state index >= 15 is 0 Å². The fourth-order valence-electron chi connectivity index (χ4n) is 2.07. The second-order valence-electron chi connectivity index (χ2n) is 6.35. The van der Waals surface area contributed by atoms with Gasteiger partial charge in [0.2, 0.25) is 5.91 Å². The molecule has 0 aliphatic carbocycles. The van der Waals surface area contributed by atoms with Crippen LogP contribution < -0.4 is 10.6 Å². The average Bonchev–Trinajstić information content (AvgIpc) is 2.40. The number of carbonyl (C=O) groups excluding carboxylic acids is 1. The van der Waals surface area contributed by atoms with Gasteiger partial charge in [-0.2, -0.15) is 0 Å². The fourth-order valence-corrected chi connectivity index (χ4v) is 2.07. The average molecular weight is 294 g/mol. The van der Waals surface area contributed by atoms with Crippen molar-refractivity contribution in [1.29, 1.82) is 0 Å². The van der Waals surface area contributed by atoms with Gasteiger partial charge >= 0.3 is 0 Å². The number of rotatable bonds is 7. The van der Waals surface area contributed by atoms with Crippen molar-refractivity contribution in [1.82, 2.24) is 10.6 Å². The predicted octanol–water partition coefficient (Wildman–Crippen LogP) is 3.04. The van der Waals surface area contributed by atoms with E-state index in [1.165, 1.54) is 12.1 Å². The lowest BCUT2D eigenvalue weighted by Crippen LogP contribution is -2.52. The van der Waals surface area contributed by atoms with Gasteiger partial charge in [0.1, 0.15) is 5.82 Å². The molecule has 118 valence electrons. The predicted molar refractivity (Wildman–Crippen MR) is 84.7 cm³/mol. The van der Waals surface area contributed by atoms with Gasteiger partial charge in [0, 0.05) is 11.6 Å². The topological polar surface area (TPSA) is 41.1 Å². The van der Waals surface area contributed by atoms with Crippen LogP contribution in [-0.2, 0) is 11.2 Å². The standard InChI is InChI=1S/C17H27FN2O/c1-6-17(4,5)20-16(21)13(3)19-12(2)11-14-7-9-15(18)10-8-14/h7-10,12-13,19H,6,11H2,1-5H3,(H,20,21). The zero-order valence-corrected chi connectivity index (χ0v) is 13.7. The maximum atomic E-state index is 12.9. The van der Waals surface area contributed by atoms with Crippen molar-refractivity contribution in [3.05, 3.63) is 35.6 Å². The van der Waals surface area contributed by atoms with Crippen molar-refractivity contribution in [2.75, 3.05) is 0 Å². The maximum absolute atomic E-state index is 12.9. The molecule has 2 atom stereocenters. The van der Waals surface area contributed by atoms with E-state index in [0.717, 1.165) is 18.4 Å². The van der Waals surface area contributed by atoms with Crippen LogP contribution in [0.3, 0.4) is 0 Å². The van der Waals surface area contributed by atoms with Gasteiger partial charge in [0.15, 0.2) is 0 Å². The highest BCUT2D eigenvalue weighted by molar-refractivity contribution is 5.82. The van der Waals surface area contributed by atoms with Crippen molar-refractivity contribution in [2.45, 2.75) is 65.1 Å². The van der Waals surface area contributed by atoms with E-state index in [1.807, 2.05) is 27.7 Å². The molecule has 1 aromatic rings. The zero-order valence-electron chi connectivity index (χ0n) is 13.7. The third kappa shape index (κ3) is 6.25. The molecule has 2 N–H and O–H groups in total. The van der Waals surface area contributed by atoms with E-state index in [-0.39, 0.29) is 29.3 Å². The Morgan fingerprint density at radius 3 is 2.33 bits per heavy atom. The molecule has 1 aromatic carbocycles.